The summed E-state index contributed by atoms with van der Waals surface area (Å²) in [5, 5.41) is 10.3. The molecule has 0 bridgehead atoms. The highest BCUT2D eigenvalue weighted by atomic mass is 16.6. The summed E-state index contributed by atoms with van der Waals surface area (Å²) in [5.74, 6) is -0.0528. The average Bonchev–Trinajstić information content (AvgIpc) is 2.60. The first kappa shape index (κ1) is 12.0. The first-order valence-corrected chi connectivity index (χ1v) is 6.70. The van der Waals surface area contributed by atoms with Gasteiger partial charge in [-0.3, -0.25) is 0 Å². The van der Waals surface area contributed by atoms with Gasteiger partial charge in [0, 0.05) is 22.8 Å². The number of hydrogen-bond acceptors (Lipinski definition) is 3. The molecular weight excluding hydrogens is 228 g/mol. The van der Waals surface area contributed by atoms with Gasteiger partial charge in [-0.2, -0.15) is 0 Å². The van der Waals surface area contributed by atoms with E-state index in [2.05, 4.69) is 20.1 Å². The summed E-state index contributed by atoms with van der Waals surface area (Å²) in [6.07, 6.45) is 2.93. The summed E-state index contributed by atoms with van der Waals surface area (Å²) >= 11 is 0. The molecule has 0 aromatic rings. The van der Waals surface area contributed by atoms with Gasteiger partial charge in [-0.05, 0) is 25.7 Å². The lowest BCUT2D eigenvalue weighted by Crippen LogP contribution is -2.53. The Hall–Kier alpha value is -1.09. The molecule has 0 spiro atoms. The van der Waals surface area contributed by atoms with E-state index in [0.717, 1.165) is 31.3 Å². The zero-order valence-electron chi connectivity index (χ0n) is 10.8. The second kappa shape index (κ2) is 3.70. The number of carbonyl (C=O) groups excluding carboxylic acids is 1. The minimum atomic E-state index is -0.318. The maximum absolute atomic E-state index is 11.7. The number of ether oxygens (including phenoxy) is 1. The minimum absolute atomic E-state index is 0.0863. The normalized spacial score (nSPS) is 47.6. The second-order valence-corrected chi connectivity index (χ2v) is 6.24. The average molecular weight is 248 g/mol. The smallest absolute Gasteiger partial charge is 0.334 e. The van der Waals surface area contributed by atoms with Crippen molar-refractivity contribution in [2.24, 2.45) is 17.3 Å². The van der Waals surface area contributed by atoms with Crippen molar-refractivity contribution in [3.8, 4) is 0 Å². The molecule has 2 aliphatic carbocycles. The molecule has 3 rings (SSSR count). The van der Waals surface area contributed by atoms with Gasteiger partial charge in [0.1, 0.15) is 6.10 Å². The molecule has 0 amide bonds. The van der Waals surface area contributed by atoms with Crippen LogP contribution in [0.25, 0.3) is 0 Å². The van der Waals surface area contributed by atoms with Crippen molar-refractivity contribution >= 4 is 5.97 Å². The molecule has 3 heteroatoms. The highest BCUT2D eigenvalue weighted by molar-refractivity contribution is 5.91. The van der Waals surface area contributed by atoms with Crippen LogP contribution in [0.15, 0.2) is 24.3 Å². The van der Waals surface area contributed by atoms with Gasteiger partial charge < -0.3 is 9.84 Å². The fourth-order valence-electron chi connectivity index (χ4n) is 4.15. The Morgan fingerprint density at radius 2 is 2.11 bits per heavy atom. The van der Waals surface area contributed by atoms with Crippen LogP contribution in [0.2, 0.25) is 0 Å². The maximum Gasteiger partial charge on any atom is 0.334 e. The molecule has 0 radical (unpaired) electrons. The lowest BCUT2D eigenvalue weighted by Gasteiger charge is -2.52. The molecule has 1 N–H and O–H groups in total. The second-order valence-electron chi connectivity index (χ2n) is 6.24. The van der Waals surface area contributed by atoms with Crippen LogP contribution in [0, 0.1) is 17.3 Å². The van der Waals surface area contributed by atoms with Crippen molar-refractivity contribution in [3.05, 3.63) is 24.3 Å². The van der Waals surface area contributed by atoms with Gasteiger partial charge in [-0.25, -0.2) is 4.79 Å². The number of carbonyl (C=O) groups is 1. The molecule has 1 heterocycles. The molecule has 0 aromatic heterocycles. The van der Waals surface area contributed by atoms with Gasteiger partial charge in [0.25, 0.3) is 0 Å². The molecule has 0 unspecified atom stereocenters. The predicted octanol–water partition coefficient (Wildman–Crippen LogP) is 2.21. The molecule has 98 valence electrons. The summed E-state index contributed by atoms with van der Waals surface area (Å²) in [6, 6.07) is 0. The van der Waals surface area contributed by atoms with E-state index in [4.69, 9.17) is 4.74 Å². The molecule has 18 heavy (non-hydrogen) atoms. The number of aliphatic hydroxyl groups excluding tert-OH is 1. The highest BCUT2D eigenvalue weighted by Crippen LogP contribution is 2.57. The fraction of sp³-hybridized carbons (Fsp3) is 0.667. The van der Waals surface area contributed by atoms with Gasteiger partial charge in [-0.1, -0.05) is 25.7 Å². The van der Waals surface area contributed by atoms with Crippen molar-refractivity contribution in [3.63, 3.8) is 0 Å². The molecule has 3 nitrogen and oxygen atoms in total. The first-order valence-electron chi connectivity index (χ1n) is 6.70. The van der Waals surface area contributed by atoms with E-state index in [1.54, 1.807) is 0 Å². The van der Waals surface area contributed by atoms with Crippen LogP contribution < -0.4 is 0 Å². The lowest BCUT2D eigenvalue weighted by atomic mass is 9.54. The molecule has 5 atom stereocenters. The summed E-state index contributed by atoms with van der Waals surface area (Å²) in [7, 11) is 0. The quantitative estimate of drug-likeness (QED) is 0.406. The van der Waals surface area contributed by atoms with E-state index in [9.17, 15) is 9.90 Å². The third kappa shape index (κ3) is 1.37. The SMILES string of the molecule is C=C1C(=O)O[C@H]2[C@@H]1CC[C@@]1(C)[C@@H](O)CCC(=C)[C@@H]21. The molecule has 3 aliphatic rings. The fourth-order valence-corrected chi connectivity index (χ4v) is 4.15. The summed E-state index contributed by atoms with van der Waals surface area (Å²) < 4.78 is 5.52. The third-order valence-electron chi connectivity index (χ3n) is 5.32. The predicted molar refractivity (Wildman–Crippen MR) is 67.7 cm³/mol. The van der Waals surface area contributed by atoms with Crippen molar-refractivity contribution in [1.82, 2.24) is 0 Å². The van der Waals surface area contributed by atoms with Crippen molar-refractivity contribution < 1.29 is 14.6 Å². The largest absolute Gasteiger partial charge is 0.458 e. The van der Waals surface area contributed by atoms with Gasteiger partial charge in [0.15, 0.2) is 0 Å². The highest BCUT2D eigenvalue weighted by Gasteiger charge is 2.57. The van der Waals surface area contributed by atoms with Gasteiger partial charge >= 0.3 is 5.97 Å². The van der Waals surface area contributed by atoms with Crippen LogP contribution in [0.3, 0.4) is 0 Å². The van der Waals surface area contributed by atoms with E-state index >= 15 is 0 Å². The zero-order valence-corrected chi connectivity index (χ0v) is 10.8. The van der Waals surface area contributed by atoms with Crippen LogP contribution in [0.1, 0.15) is 32.6 Å². The van der Waals surface area contributed by atoms with Crippen LogP contribution in [-0.2, 0) is 9.53 Å². The van der Waals surface area contributed by atoms with E-state index in [1.807, 2.05) is 0 Å². The van der Waals surface area contributed by atoms with Gasteiger partial charge in [0.2, 0.25) is 0 Å². The Bertz CT molecular complexity index is 439. The minimum Gasteiger partial charge on any atom is -0.458 e. The summed E-state index contributed by atoms with van der Waals surface area (Å²) in [6.45, 7) is 10.1. The van der Waals surface area contributed by atoms with E-state index in [-0.39, 0.29) is 35.4 Å². The maximum atomic E-state index is 11.7. The summed E-state index contributed by atoms with van der Waals surface area (Å²) in [4.78, 5) is 11.7. The molecule has 1 saturated heterocycles. The number of hydrogen-bond donors (Lipinski definition) is 1. The Morgan fingerprint density at radius 3 is 2.83 bits per heavy atom. The van der Waals surface area contributed by atoms with Crippen molar-refractivity contribution in [1.29, 1.82) is 0 Å². The number of fused-ring (bicyclic) bond motifs is 3. The van der Waals surface area contributed by atoms with Crippen molar-refractivity contribution in [2.45, 2.75) is 44.8 Å². The molecule has 1 aliphatic heterocycles. The molecule has 0 aromatic carbocycles. The van der Waals surface area contributed by atoms with E-state index in [1.165, 1.54) is 0 Å². The van der Waals surface area contributed by atoms with Crippen LogP contribution in [0.5, 0.6) is 0 Å². The zero-order chi connectivity index (χ0) is 13.1. The third-order valence-corrected chi connectivity index (χ3v) is 5.32. The summed E-state index contributed by atoms with van der Waals surface area (Å²) in [5.41, 5.74) is 1.54. The monoisotopic (exact) mass is 248 g/mol. The van der Waals surface area contributed by atoms with E-state index < -0.39 is 0 Å². The van der Waals surface area contributed by atoms with Crippen LogP contribution in [-0.4, -0.2) is 23.3 Å². The molecular formula is C15H20O3. The Labute approximate surface area is 108 Å². The Kier molecular flexibility index (Phi) is 2.46. The topological polar surface area (TPSA) is 46.5 Å². The van der Waals surface area contributed by atoms with Gasteiger partial charge in [0.05, 0.1) is 6.10 Å². The number of aliphatic hydroxyl groups is 1. The molecule has 2 saturated carbocycles. The standard InChI is InChI=1S/C15H20O3/c1-8-4-5-11(16)15(3)7-6-10-9(2)14(17)18-13(10)12(8)15/h10-13,16H,1-2,4-7H2,3H3/t10-,11+,12+,13+,15+/m1/s1. The van der Waals surface area contributed by atoms with Gasteiger partial charge in [-0.15, -0.1) is 0 Å². The molecule has 3 fully saturated rings. The number of rotatable bonds is 0. The van der Waals surface area contributed by atoms with Crippen molar-refractivity contribution in [2.75, 3.05) is 0 Å². The number of esters is 1. The Balaban J connectivity index is 2.00. The van der Waals surface area contributed by atoms with Crippen LogP contribution >= 0.6 is 0 Å². The van der Waals surface area contributed by atoms with E-state index in [0.29, 0.717) is 5.57 Å². The lowest BCUT2D eigenvalue weighted by molar-refractivity contribution is -0.150. The van der Waals surface area contributed by atoms with Crippen LogP contribution in [0.4, 0.5) is 0 Å². The Morgan fingerprint density at radius 1 is 1.39 bits per heavy atom. The first-order chi connectivity index (χ1) is 8.45.